The molecule has 1 aliphatic rings. The number of nitrogens with one attached hydrogen (secondary N) is 1. The number of nitrogen functional groups attached to an aromatic ring is 1. The average molecular weight is 263 g/mol. The normalized spacial score (nSPS) is 16.3. The van der Waals surface area contributed by atoms with Crippen molar-refractivity contribution in [1.82, 2.24) is 9.97 Å². The SMILES string of the molecule is Cc1cc(C(=N)N)nc(N(C)CC2CCOCC2)n1. The minimum Gasteiger partial charge on any atom is -0.382 e. The standard InChI is InChI=1S/C13H21N5O/c1-9-7-11(12(14)15)17-13(16-9)18(2)8-10-3-5-19-6-4-10/h7,10H,3-6,8H2,1-2H3,(H3,14,15). The van der Waals surface area contributed by atoms with Crippen LogP contribution in [0.3, 0.4) is 0 Å². The van der Waals surface area contributed by atoms with Crippen LogP contribution in [0.5, 0.6) is 0 Å². The molecule has 1 aromatic rings. The Morgan fingerprint density at radius 1 is 1.47 bits per heavy atom. The summed E-state index contributed by atoms with van der Waals surface area (Å²) in [4.78, 5) is 10.8. The predicted octanol–water partition coefficient (Wildman–Crippen LogP) is 0.932. The first-order chi connectivity index (χ1) is 9.06. The molecule has 2 rings (SSSR count). The third kappa shape index (κ3) is 3.64. The van der Waals surface area contributed by atoms with E-state index in [9.17, 15) is 0 Å². The first-order valence-corrected chi connectivity index (χ1v) is 6.55. The van der Waals surface area contributed by atoms with Gasteiger partial charge in [0.1, 0.15) is 11.5 Å². The monoisotopic (exact) mass is 263 g/mol. The Kier molecular flexibility index (Phi) is 4.31. The summed E-state index contributed by atoms with van der Waals surface area (Å²) >= 11 is 0. The number of hydrogen-bond acceptors (Lipinski definition) is 5. The van der Waals surface area contributed by atoms with E-state index in [1.165, 1.54) is 0 Å². The molecule has 0 bridgehead atoms. The van der Waals surface area contributed by atoms with Gasteiger partial charge in [0.25, 0.3) is 0 Å². The number of nitrogens with zero attached hydrogens (tertiary/aromatic N) is 3. The molecule has 104 valence electrons. The van der Waals surface area contributed by atoms with Crippen LogP contribution in [0.4, 0.5) is 5.95 Å². The van der Waals surface area contributed by atoms with Gasteiger partial charge in [0.2, 0.25) is 5.95 Å². The molecule has 0 unspecified atom stereocenters. The van der Waals surface area contributed by atoms with E-state index in [-0.39, 0.29) is 5.84 Å². The molecular weight excluding hydrogens is 242 g/mol. The average Bonchev–Trinajstić information content (AvgIpc) is 2.39. The molecule has 1 aromatic heterocycles. The summed E-state index contributed by atoms with van der Waals surface area (Å²) in [6, 6.07) is 1.73. The van der Waals surface area contributed by atoms with Crippen LogP contribution in [0.15, 0.2) is 6.07 Å². The molecule has 1 fully saturated rings. The van der Waals surface area contributed by atoms with Gasteiger partial charge in [0.15, 0.2) is 0 Å². The maximum atomic E-state index is 7.47. The van der Waals surface area contributed by atoms with E-state index in [2.05, 4.69) is 9.97 Å². The van der Waals surface area contributed by atoms with Crippen molar-refractivity contribution in [3.05, 3.63) is 17.5 Å². The van der Waals surface area contributed by atoms with E-state index in [0.29, 0.717) is 17.6 Å². The lowest BCUT2D eigenvalue weighted by Gasteiger charge is -2.27. The van der Waals surface area contributed by atoms with Gasteiger partial charge in [-0.25, -0.2) is 9.97 Å². The molecule has 0 spiro atoms. The van der Waals surface area contributed by atoms with Crippen LogP contribution in [0.1, 0.15) is 24.2 Å². The second-order valence-electron chi connectivity index (χ2n) is 5.04. The lowest BCUT2D eigenvalue weighted by Crippen LogP contribution is -2.31. The first-order valence-electron chi connectivity index (χ1n) is 6.55. The molecule has 0 radical (unpaired) electrons. The Morgan fingerprint density at radius 2 is 2.16 bits per heavy atom. The molecule has 1 aliphatic heterocycles. The Labute approximate surface area is 113 Å². The fraction of sp³-hybridized carbons (Fsp3) is 0.615. The number of aryl methyl sites for hydroxylation is 1. The van der Waals surface area contributed by atoms with Gasteiger partial charge in [0, 0.05) is 32.5 Å². The quantitative estimate of drug-likeness (QED) is 0.623. The third-order valence-corrected chi connectivity index (χ3v) is 3.33. The summed E-state index contributed by atoms with van der Waals surface area (Å²) in [5, 5.41) is 7.47. The van der Waals surface area contributed by atoms with Crippen molar-refractivity contribution in [3.63, 3.8) is 0 Å². The van der Waals surface area contributed by atoms with Crippen molar-refractivity contribution in [1.29, 1.82) is 5.41 Å². The minimum absolute atomic E-state index is 0.0220. The van der Waals surface area contributed by atoms with Crippen molar-refractivity contribution < 1.29 is 4.74 Å². The molecule has 3 N–H and O–H groups in total. The number of rotatable bonds is 4. The summed E-state index contributed by atoms with van der Waals surface area (Å²) in [6.45, 7) is 4.47. The summed E-state index contributed by atoms with van der Waals surface area (Å²) < 4.78 is 5.36. The number of amidine groups is 1. The van der Waals surface area contributed by atoms with Gasteiger partial charge in [-0.2, -0.15) is 0 Å². The molecule has 0 amide bonds. The minimum atomic E-state index is -0.0220. The summed E-state index contributed by atoms with van der Waals surface area (Å²) in [5.41, 5.74) is 6.81. The largest absolute Gasteiger partial charge is 0.382 e. The number of ether oxygens (including phenoxy) is 1. The van der Waals surface area contributed by atoms with Crippen LogP contribution < -0.4 is 10.6 Å². The number of anilines is 1. The fourth-order valence-electron chi connectivity index (χ4n) is 2.26. The van der Waals surface area contributed by atoms with Crippen LogP contribution in [-0.4, -0.2) is 42.6 Å². The molecule has 19 heavy (non-hydrogen) atoms. The van der Waals surface area contributed by atoms with Crippen molar-refractivity contribution in [2.75, 3.05) is 31.7 Å². The molecule has 0 saturated carbocycles. The third-order valence-electron chi connectivity index (χ3n) is 3.33. The van der Waals surface area contributed by atoms with Gasteiger partial charge in [-0.1, -0.05) is 0 Å². The second-order valence-corrected chi connectivity index (χ2v) is 5.04. The van der Waals surface area contributed by atoms with Crippen LogP contribution in [0, 0.1) is 18.3 Å². The zero-order valence-corrected chi connectivity index (χ0v) is 11.5. The Hall–Kier alpha value is -1.69. The lowest BCUT2D eigenvalue weighted by atomic mass is 10.00. The number of nitrogens with two attached hydrogens (primary N) is 1. The highest BCUT2D eigenvalue weighted by molar-refractivity contribution is 5.93. The molecule has 6 nitrogen and oxygen atoms in total. The molecule has 1 saturated heterocycles. The predicted molar refractivity (Wildman–Crippen MR) is 74.6 cm³/mol. The highest BCUT2D eigenvalue weighted by Crippen LogP contribution is 2.18. The van der Waals surface area contributed by atoms with Crippen molar-refractivity contribution in [3.8, 4) is 0 Å². The van der Waals surface area contributed by atoms with E-state index in [4.69, 9.17) is 15.9 Å². The van der Waals surface area contributed by atoms with E-state index in [1.807, 2.05) is 18.9 Å². The van der Waals surface area contributed by atoms with Gasteiger partial charge in [-0.05, 0) is 31.7 Å². The van der Waals surface area contributed by atoms with Gasteiger partial charge in [0.05, 0.1) is 0 Å². The fourth-order valence-corrected chi connectivity index (χ4v) is 2.26. The topological polar surface area (TPSA) is 88.1 Å². The van der Waals surface area contributed by atoms with Crippen molar-refractivity contribution >= 4 is 11.8 Å². The van der Waals surface area contributed by atoms with E-state index < -0.39 is 0 Å². The van der Waals surface area contributed by atoms with Crippen molar-refractivity contribution in [2.45, 2.75) is 19.8 Å². The number of aromatic nitrogens is 2. The summed E-state index contributed by atoms with van der Waals surface area (Å²) in [7, 11) is 1.98. The smallest absolute Gasteiger partial charge is 0.225 e. The molecule has 0 aliphatic carbocycles. The van der Waals surface area contributed by atoms with Gasteiger partial charge in [-0.3, -0.25) is 5.41 Å². The van der Waals surface area contributed by atoms with Crippen LogP contribution in [-0.2, 0) is 4.74 Å². The highest BCUT2D eigenvalue weighted by atomic mass is 16.5. The lowest BCUT2D eigenvalue weighted by molar-refractivity contribution is 0.0684. The molecule has 2 heterocycles. The number of hydrogen-bond donors (Lipinski definition) is 2. The Morgan fingerprint density at radius 3 is 2.79 bits per heavy atom. The Bertz CT molecular complexity index is 456. The summed E-state index contributed by atoms with van der Waals surface area (Å²) in [6.07, 6.45) is 2.16. The maximum absolute atomic E-state index is 7.47. The highest BCUT2D eigenvalue weighted by Gasteiger charge is 2.17. The van der Waals surface area contributed by atoms with Crippen LogP contribution in [0.2, 0.25) is 0 Å². The van der Waals surface area contributed by atoms with E-state index in [1.54, 1.807) is 6.07 Å². The van der Waals surface area contributed by atoms with Crippen molar-refractivity contribution in [2.24, 2.45) is 11.7 Å². The van der Waals surface area contributed by atoms with Gasteiger partial charge in [-0.15, -0.1) is 0 Å². The molecule has 0 atom stereocenters. The van der Waals surface area contributed by atoms with E-state index >= 15 is 0 Å². The summed E-state index contributed by atoms with van der Waals surface area (Å²) in [5.74, 6) is 1.23. The molecular formula is C13H21N5O. The van der Waals surface area contributed by atoms with Gasteiger partial charge < -0.3 is 15.4 Å². The zero-order valence-electron chi connectivity index (χ0n) is 11.5. The van der Waals surface area contributed by atoms with Crippen LogP contribution >= 0.6 is 0 Å². The first kappa shape index (κ1) is 13.7. The zero-order chi connectivity index (χ0) is 13.8. The Balaban J connectivity index is 2.09. The molecule has 6 heteroatoms. The van der Waals surface area contributed by atoms with Crippen LogP contribution in [0.25, 0.3) is 0 Å². The molecule has 0 aromatic carbocycles. The second kappa shape index (κ2) is 5.97. The van der Waals surface area contributed by atoms with E-state index in [0.717, 1.165) is 38.3 Å². The van der Waals surface area contributed by atoms with Gasteiger partial charge >= 0.3 is 0 Å². The maximum Gasteiger partial charge on any atom is 0.225 e.